The maximum atomic E-state index is 13.5. The van der Waals surface area contributed by atoms with E-state index in [-0.39, 0.29) is 0 Å². The molecule has 0 radical (unpaired) electrons. The van der Waals surface area contributed by atoms with Crippen LogP contribution in [0.25, 0.3) is 10.1 Å². The quantitative estimate of drug-likeness (QED) is 0.222. The van der Waals surface area contributed by atoms with Crippen molar-refractivity contribution in [1.82, 2.24) is 4.90 Å². The molecule has 4 aromatic rings. The van der Waals surface area contributed by atoms with Gasteiger partial charge in [-0.25, -0.2) is 8.42 Å². The minimum Gasteiger partial charge on any atom is -0.494 e. The lowest BCUT2D eigenvalue weighted by Crippen LogP contribution is -2.29. The molecule has 36 heavy (non-hydrogen) atoms. The van der Waals surface area contributed by atoms with E-state index in [0.717, 1.165) is 27.9 Å². The maximum absolute atomic E-state index is 13.5. The van der Waals surface area contributed by atoms with Crippen LogP contribution in [0.1, 0.15) is 48.2 Å². The van der Waals surface area contributed by atoms with E-state index in [1.54, 1.807) is 35.6 Å². The zero-order valence-electron chi connectivity index (χ0n) is 20.9. The summed E-state index contributed by atoms with van der Waals surface area (Å²) in [5, 5.41) is 0.810. The van der Waals surface area contributed by atoms with Gasteiger partial charge in [0.1, 0.15) is 5.75 Å². The van der Waals surface area contributed by atoms with Gasteiger partial charge in [0.15, 0.2) is 0 Å². The molecule has 1 aliphatic rings. The minimum atomic E-state index is -3.61. The fourth-order valence-corrected chi connectivity index (χ4v) is 8.48. The lowest BCUT2D eigenvalue weighted by atomic mass is 9.87. The van der Waals surface area contributed by atoms with Gasteiger partial charge in [0.25, 0.3) is 0 Å². The Morgan fingerprint density at radius 1 is 1.00 bits per heavy atom. The summed E-state index contributed by atoms with van der Waals surface area (Å²) in [5.41, 5.74) is 2.95. The van der Waals surface area contributed by atoms with Crippen LogP contribution in [0.2, 0.25) is 0 Å². The van der Waals surface area contributed by atoms with E-state index in [2.05, 4.69) is 36.2 Å². The van der Waals surface area contributed by atoms with Gasteiger partial charge in [0.2, 0.25) is 9.84 Å². The van der Waals surface area contributed by atoms with Crippen molar-refractivity contribution in [2.24, 2.45) is 0 Å². The van der Waals surface area contributed by atoms with E-state index >= 15 is 0 Å². The predicted molar refractivity (Wildman–Crippen MR) is 148 cm³/mol. The van der Waals surface area contributed by atoms with Crippen LogP contribution < -0.4 is 4.74 Å². The predicted octanol–water partition coefficient (Wildman–Crippen LogP) is 7.07. The molecule has 1 atom stereocenters. The zero-order valence-corrected chi connectivity index (χ0v) is 22.6. The van der Waals surface area contributed by atoms with Crippen molar-refractivity contribution in [3.05, 3.63) is 88.8 Å². The summed E-state index contributed by atoms with van der Waals surface area (Å²) in [4.78, 5) is 4.10. The van der Waals surface area contributed by atoms with Gasteiger partial charge in [-0.3, -0.25) is 4.90 Å². The van der Waals surface area contributed by atoms with Crippen LogP contribution in [-0.4, -0.2) is 33.5 Å². The molecule has 0 amide bonds. The highest BCUT2D eigenvalue weighted by molar-refractivity contribution is 7.92. The van der Waals surface area contributed by atoms with E-state index in [9.17, 15) is 8.42 Å². The molecule has 0 spiro atoms. The molecule has 0 N–H and O–H groups in total. The standard InChI is InChI=1S/C30H33NO3S2/c1-3-28-30(26-13-6-7-15-29(26)35-28)36(32,33)24-18-16-23(17-19-24)34-21-9-20-31(2)27-14-8-11-22-10-4-5-12-25(22)27/h4-7,10,12-13,15-19,27H,3,8-9,11,14,20-21H2,1-2H3. The number of ether oxygens (including phenoxy) is 1. The number of sulfone groups is 1. The number of thiophene rings is 1. The molecular weight excluding hydrogens is 486 g/mol. The van der Waals surface area contributed by atoms with Crippen molar-refractivity contribution in [3.63, 3.8) is 0 Å². The highest BCUT2D eigenvalue weighted by Crippen LogP contribution is 2.38. The molecule has 1 unspecified atom stereocenters. The number of benzene rings is 3. The van der Waals surface area contributed by atoms with Crippen LogP contribution in [0.15, 0.2) is 82.6 Å². The molecule has 3 aromatic carbocycles. The Morgan fingerprint density at radius 3 is 2.56 bits per heavy atom. The molecule has 1 aromatic heterocycles. The Morgan fingerprint density at radius 2 is 1.75 bits per heavy atom. The molecule has 0 bridgehead atoms. The second kappa shape index (κ2) is 10.8. The molecule has 1 heterocycles. The van der Waals surface area contributed by atoms with Crippen molar-refractivity contribution in [3.8, 4) is 5.75 Å². The number of fused-ring (bicyclic) bond motifs is 2. The summed E-state index contributed by atoms with van der Waals surface area (Å²) in [6.45, 7) is 3.56. The molecule has 4 nitrogen and oxygen atoms in total. The highest BCUT2D eigenvalue weighted by atomic mass is 32.2. The van der Waals surface area contributed by atoms with Crippen molar-refractivity contribution in [1.29, 1.82) is 0 Å². The van der Waals surface area contributed by atoms with Gasteiger partial charge in [-0.2, -0.15) is 0 Å². The highest BCUT2D eigenvalue weighted by Gasteiger charge is 2.26. The summed E-state index contributed by atoms with van der Waals surface area (Å²) in [7, 11) is -1.41. The Hall–Kier alpha value is -2.67. The molecule has 0 fully saturated rings. The maximum Gasteiger partial charge on any atom is 0.208 e. The van der Waals surface area contributed by atoms with Crippen LogP contribution >= 0.6 is 11.3 Å². The molecule has 5 rings (SSSR count). The zero-order chi connectivity index (χ0) is 25.1. The first-order chi connectivity index (χ1) is 17.5. The number of aryl methyl sites for hydroxylation is 2. The minimum absolute atomic E-state index is 0.309. The first-order valence-electron chi connectivity index (χ1n) is 12.8. The second-order valence-corrected chi connectivity index (χ2v) is 12.5. The van der Waals surface area contributed by atoms with Gasteiger partial charge in [-0.05, 0) is 80.6 Å². The Labute approximate surface area is 218 Å². The first-order valence-corrected chi connectivity index (χ1v) is 15.1. The fraction of sp³-hybridized carbons (Fsp3) is 0.333. The van der Waals surface area contributed by atoms with Crippen LogP contribution in [0.3, 0.4) is 0 Å². The van der Waals surface area contributed by atoms with E-state index in [1.165, 1.54) is 30.4 Å². The largest absolute Gasteiger partial charge is 0.494 e. The summed E-state index contributed by atoms with van der Waals surface area (Å²) < 4.78 is 34.0. The van der Waals surface area contributed by atoms with Gasteiger partial charge < -0.3 is 4.74 Å². The van der Waals surface area contributed by atoms with Gasteiger partial charge in [0, 0.05) is 27.5 Å². The molecule has 6 heteroatoms. The van der Waals surface area contributed by atoms with E-state index < -0.39 is 9.84 Å². The third-order valence-electron chi connectivity index (χ3n) is 7.14. The normalized spacial score (nSPS) is 15.8. The molecule has 0 aliphatic heterocycles. The average Bonchev–Trinajstić information content (AvgIpc) is 3.30. The molecule has 0 saturated heterocycles. The lowest BCUT2D eigenvalue weighted by molar-refractivity contribution is 0.199. The fourth-order valence-electron chi connectivity index (χ4n) is 5.28. The van der Waals surface area contributed by atoms with Crippen molar-refractivity contribution in [2.75, 3.05) is 20.2 Å². The number of rotatable bonds is 9. The van der Waals surface area contributed by atoms with Gasteiger partial charge in [0.05, 0.1) is 16.4 Å². The summed E-state index contributed by atoms with van der Waals surface area (Å²) in [6.07, 6.45) is 5.21. The van der Waals surface area contributed by atoms with Crippen LogP contribution in [-0.2, 0) is 22.7 Å². The Kier molecular flexibility index (Phi) is 7.47. The number of hydrogen-bond acceptors (Lipinski definition) is 5. The number of hydrogen-bond donors (Lipinski definition) is 0. The molecule has 1 aliphatic carbocycles. The molecule has 0 saturated carbocycles. The topological polar surface area (TPSA) is 46.6 Å². The number of nitrogens with zero attached hydrogens (tertiary/aromatic N) is 1. The Balaban J connectivity index is 1.21. The second-order valence-electron chi connectivity index (χ2n) is 9.47. The average molecular weight is 520 g/mol. The summed E-state index contributed by atoms with van der Waals surface area (Å²) in [5.74, 6) is 0.700. The van der Waals surface area contributed by atoms with E-state index in [4.69, 9.17) is 4.74 Å². The summed E-state index contributed by atoms with van der Waals surface area (Å²) in [6, 6.07) is 23.9. The van der Waals surface area contributed by atoms with Gasteiger partial charge in [-0.1, -0.05) is 49.4 Å². The van der Waals surface area contributed by atoms with Gasteiger partial charge in [-0.15, -0.1) is 11.3 Å². The van der Waals surface area contributed by atoms with Crippen molar-refractivity contribution in [2.45, 2.75) is 54.9 Å². The SMILES string of the molecule is CCc1sc2ccccc2c1S(=O)(=O)c1ccc(OCCCN(C)C2CCCc3ccccc32)cc1. The van der Waals surface area contributed by atoms with E-state index in [1.807, 2.05) is 31.2 Å². The van der Waals surface area contributed by atoms with Crippen LogP contribution in [0.5, 0.6) is 5.75 Å². The van der Waals surface area contributed by atoms with Crippen LogP contribution in [0, 0.1) is 0 Å². The third kappa shape index (κ3) is 4.95. The lowest BCUT2D eigenvalue weighted by Gasteiger charge is -2.33. The summed E-state index contributed by atoms with van der Waals surface area (Å²) >= 11 is 1.56. The first kappa shape index (κ1) is 25.0. The molecular formula is C30H33NO3S2. The third-order valence-corrected chi connectivity index (χ3v) is 10.5. The van der Waals surface area contributed by atoms with Crippen LogP contribution in [0.4, 0.5) is 0 Å². The van der Waals surface area contributed by atoms with Gasteiger partial charge >= 0.3 is 0 Å². The van der Waals surface area contributed by atoms with Crippen molar-refractivity contribution < 1.29 is 13.2 Å². The molecule has 188 valence electrons. The van der Waals surface area contributed by atoms with Crippen molar-refractivity contribution >= 4 is 31.3 Å². The van der Waals surface area contributed by atoms with E-state index in [0.29, 0.717) is 34.6 Å². The Bertz CT molecular complexity index is 1440. The monoisotopic (exact) mass is 519 g/mol. The smallest absolute Gasteiger partial charge is 0.208 e.